The monoisotopic (exact) mass is 448 g/mol. The van der Waals surface area contributed by atoms with E-state index >= 15 is 0 Å². The van der Waals surface area contributed by atoms with Crippen LogP contribution in [0.5, 0.6) is 11.5 Å². The zero-order valence-corrected chi connectivity index (χ0v) is 16.9. The molecule has 2 amide bonds. The van der Waals surface area contributed by atoms with E-state index in [4.69, 9.17) is 9.47 Å². The van der Waals surface area contributed by atoms with Crippen LogP contribution in [0.4, 0.5) is 23.7 Å². The molecule has 0 unspecified atom stereocenters. The van der Waals surface area contributed by atoms with E-state index in [-0.39, 0.29) is 18.0 Å². The van der Waals surface area contributed by atoms with Gasteiger partial charge in [-0.25, -0.2) is 4.79 Å². The van der Waals surface area contributed by atoms with Crippen molar-refractivity contribution in [2.75, 3.05) is 25.5 Å². The number of likely N-dealkylation sites (tertiary alicyclic amines) is 1. The molecule has 11 heteroatoms. The first-order valence-electron chi connectivity index (χ1n) is 9.70. The Morgan fingerprint density at radius 3 is 2.44 bits per heavy atom. The summed E-state index contributed by atoms with van der Waals surface area (Å²) in [5, 5.41) is 6.18. The van der Waals surface area contributed by atoms with Gasteiger partial charge in [-0.3, -0.25) is 0 Å². The number of urea groups is 1. The van der Waals surface area contributed by atoms with Gasteiger partial charge in [0.2, 0.25) is 5.82 Å². The fourth-order valence-corrected chi connectivity index (χ4v) is 3.22. The van der Waals surface area contributed by atoms with Crippen molar-refractivity contribution in [2.24, 2.45) is 0 Å². The number of aromatic nitrogens is 2. The molecule has 32 heavy (non-hydrogen) atoms. The largest absolute Gasteiger partial charge is 0.497 e. The Morgan fingerprint density at radius 2 is 1.81 bits per heavy atom. The number of nitrogens with zero attached hydrogens (tertiary/aromatic N) is 3. The van der Waals surface area contributed by atoms with Gasteiger partial charge in [-0.05, 0) is 48.5 Å². The number of alkyl halides is 3. The second kappa shape index (κ2) is 8.77. The van der Waals surface area contributed by atoms with Crippen molar-refractivity contribution >= 4 is 11.7 Å². The van der Waals surface area contributed by atoms with Crippen LogP contribution >= 0.6 is 0 Å². The molecule has 2 aromatic carbocycles. The Hall–Kier alpha value is -3.76. The number of rotatable bonds is 5. The number of methoxy groups -OCH3 is 1. The second-order valence-corrected chi connectivity index (χ2v) is 7.08. The number of nitrogens with one attached hydrogen (secondary N) is 1. The van der Waals surface area contributed by atoms with Crippen molar-refractivity contribution in [1.82, 2.24) is 15.0 Å². The molecular weight excluding hydrogens is 429 g/mol. The van der Waals surface area contributed by atoms with Crippen molar-refractivity contribution in [1.29, 1.82) is 0 Å². The predicted octanol–water partition coefficient (Wildman–Crippen LogP) is 4.45. The average molecular weight is 448 g/mol. The molecule has 1 atom stereocenters. The van der Waals surface area contributed by atoms with Gasteiger partial charge in [-0.2, -0.15) is 18.2 Å². The smallest absolute Gasteiger partial charge is 0.471 e. The van der Waals surface area contributed by atoms with E-state index in [9.17, 15) is 18.0 Å². The summed E-state index contributed by atoms with van der Waals surface area (Å²) in [5.74, 6) is -0.336. The highest BCUT2D eigenvalue weighted by molar-refractivity contribution is 5.89. The third-order valence-electron chi connectivity index (χ3n) is 4.86. The minimum absolute atomic E-state index is 0.161. The molecule has 8 nitrogen and oxygen atoms in total. The molecule has 1 saturated heterocycles. The van der Waals surface area contributed by atoms with Crippen LogP contribution < -0.4 is 14.8 Å². The molecule has 0 saturated carbocycles. The van der Waals surface area contributed by atoms with E-state index in [2.05, 4.69) is 20.0 Å². The number of hydrogen-bond acceptors (Lipinski definition) is 6. The summed E-state index contributed by atoms with van der Waals surface area (Å²) in [6.45, 7) is 0.942. The molecule has 0 aliphatic carbocycles. The fourth-order valence-electron chi connectivity index (χ4n) is 3.22. The highest BCUT2D eigenvalue weighted by Gasteiger charge is 2.38. The molecule has 1 aromatic heterocycles. The summed E-state index contributed by atoms with van der Waals surface area (Å²) >= 11 is 0. The highest BCUT2D eigenvalue weighted by Crippen LogP contribution is 2.30. The van der Waals surface area contributed by atoms with Gasteiger partial charge in [0.1, 0.15) is 17.6 Å². The van der Waals surface area contributed by atoms with Gasteiger partial charge < -0.3 is 24.2 Å². The lowest BCUT2D eigenvalue weighted by Crippen LogP contribution is -2.34. The van der Waals surface area contributed by atoms with Crippen molar-refractivity contribution in [3.63, 3.8) is 0 Å². The van der Waals surface area contributed by atoms with Crippen molar-refractivity contribution in [2.45, 2.75) is 18.7 Å². The number of benzene rings is 2. The summed E-state index contributed by atoms with van der Waals surface area (Å²) in [7, 11) is 1.57. The van der Waals surface area contributed by atoms with Crippen LogP contribution in [0.25, 0.3) is 11.4 Å². The molecular formula is C21H19F3N4O4. The van der Waals surface area contributed by atoms with Gasteiger partial charge in [0.15, 0.2) is 0 Å². The maximum Gasteiger partial charge on any atom is 0.471 e. The summed E-state index contributed by atoms with van der Waals surface area (Å²) < 4.78 is 53.0. The number of halogens is 3. The van der Waals surface area contributed by atoms with Crippen molar-refractivity contribution < 1.29 is 32.0 Å². The maximum atomic E-state index is 12.6. The van der Waals surface area contributed by atoms with Gasteiger partial charge >= 0.3 is 18.1 Å². The standard InChI is InChI=1S/C21H19F3N4O4/c1-30-15-8-4-14(5-9-15)25-20(29)28-11-10-17(12-28)31-16-6-2-13(3-7-16)18-26-19(32-27-18)21(22,23)24/h2-9,17H,10-12H2,1H3,(H,25,29)/t17-/m0/s1. The lowest BCUT2D eigenvalue weighted by atomic mass is 10.2. The summed E-state index contributed by atoms with van der Waals surface area (Å²) in [4.78, 5) is 17.5. The zero-order valence-electron chi connectivity index (χ0n) is 16.9. The van der Waals surface area contributed by atoms with Crippen LogP contribution in [0.15, 0.2) is 53.1 Å². The quantitative estimate of drug-likeness (QED) is 0.620. The number of carbonyl (C=O) groups is 1. The molecule has 168 valence electrons. The molecule has 3 aromatic rings. The Labute approximate surface area is 180 Å². The minimum Gasteiger partial charge on any atom is -0.497 e. The second-order valence-electron chi connectivity index (χ2n) is 7.08. The number of hydrogen-bond donors (Lipinski definition) is 1. The van der Waals surface area contributed by atoms with Crippen LogP contribution in [-0.2, 0) is 6.18 Å². The third kappa shape index (κ3) is 4.93. The van der Waals surface area contributed by atoms with Crippen LogP contribution in [-0.4, -0.2) is 47.4 Å². The van der Waals surface area contributed by atoms with Crippen LogP contribution in [0.3, 0.4) is 0 Å². The lowest BCUT2D eigenvalue weighted by Gasteiger charge is -2.18. The highest BCUT2D eigenvalue weighted by atomic mass is 19.4. The normalized spacial score (nSPS) is 16.1. The Balaban J connectivity index is 1.31. The van der Waals surface area contributed by atoms with E-state index in [1.54, 1.807) is 60.5 Å². The van der Waals surface area contributed by atoms with Crippen molar-refractivity contribution in [3.05, 3.63) is 54.4 Å². The minimum atomic E-state index is -4.69. The van der Waals surface area contributed by atoms with Gasteiger partial charge in [-0.1, -0.05) is 5.16 Å². The first kappa shape index (κ1) is 21.5. The van der Waals surface area contributed by atoms with E-state index in [1.165, 1.54) is 0 Å². The van der Waals surface area contributed by atoms with E-state index < -0.39 is 12.1 Å². The molecule has 2 heterocycles. The van der Waals surface area contributed by atoms with E-state index in [0.717, 1.165) is 0 Å². The van der Waals surface area contributed by atoms with Gasteiger partial charge in [0, 0.05) is 24.2 Å². The molecule has 1 N–H and O–H groups in total. The van der Waals surface area contributed by atoms with Gasteiger partial charge in [0.05, 0.1) is 13.7 Å². The predicted molar refractivity (Wildman–Crippen MR) is 107 cm³/mol. The first-order chi connectivity index (χ1) is 15.3. The first-order valence-corrected chi connectivity index (χ1v) is 9.70. The topological polar surface area (TPSA) is 89.7 Å². The Bertz CT molecular complexity index is 1070. The number of ether oxygens (including phenoxy) is 2. The van der Waals surface area contributed by atoms with Crippen LogP contribution in [0, 0.1) is 0 Å². The molecule has 1 aliphatic rings. The maximum absolute atomic E-state index is 12.6. The fraction of sp³-hybridized carbons (Fsp3) is 0.286. The average Bonchev–Trinajstić information content (AvgIpc) is 3.45. The number of carbonyl (C=O) groups excluding carboxylic acids is 1. The van der Waals surface area contributed by atoms with Crippen LogP contribution in [0.1, 0.15) is 12.3 Å². The summed E-state index contributed by atoms with van der Waals surface area (Å²) in [6.07, 6.45) is -4.25. The Morgan fingerprint density at radius 1 is 1.12 bits per heavy atom. The molecule has 0 radical (unpaired) electrons. The Kier molecular flexibility index (Phi) is 5.89. The van der Waals surface area contributed by atoms with Gasteiger partial charge in [0.25, 0.3) is 0 Å². The van der Waals surface area contributed by atoms with E-state index in [1.807, 2.05) is 0 Å². The van der Waals surface area contributed by atoms with Crippen LogP contribution in [0.2, 0.25) is 0 Å². The summed E-state index contributed by atoms with van der Waals surface area (Å²) in [5.41, 5.74) is 1.02. The molecule has 1 aliphatic heterocycles. The van der Waals surface area contributed by atoms with E-state index in [0.29, 0.717) is 42.3 Å². The molecule has 1 fully saturated rings. The number of anilines is 1. The molecule has 0 bridgehead atoms. The van der Waals surface area contributed by atoms with Gasteiger partial charge in [-0.15, -0.1) is 0 Å². The third-order valence-corrected chi connectivity index (χ3v) is 4.86. The summed E-state index contributed by atoms with van der Waals surface area (Å²) in [6, 6.07) is 13.1. The zero-order chi connectivity index (χ0) is 22.7. The molecule has 0 spiro atoms. The van der Waals surface area contributed by atoms with Crippen molar-refractivity contribution in [3.8, 4) is 22.9 Å². The number of amides is 2. The lowest BCUT2D eigenvalue weighted by molar-refractivity contribution is -0.159. The molecule has 4 rings (SSSR count). The SMILES string of the molecule is COc1ccc(NC(=O)N2CC[C@H](Oc3ccc(-c4noc(C(F)(F)F)n4)cc3)C2)cc1.